The van der Waals surface area contributed by atoms with Crippen LogP contribution < -0.4 is 0 Å². The molecule has 0 aliphatic rings. The molecule has 0 atom stereocenters. The zero-order valence-corrected chi connectivity index (χ0v) is 31.0. The number of benzene rings is 6. The Balaban J connectivity index is 0.796. The van der Waals surface area contributed by atoms with E-state index in [0.717, 1.165) is 24.5 Å². The zero-order chi connectivity index (χ0) is 36.4. The second kappa shape index (κ2) is 17.3. The molecule has 0 amide bonds. The van der Waals surface area contributed by atoms with Gasteiger partial charge in [0.05, 0.1) is 24.5 Å². The minimum atomic E-state index is 0.579. The maximum Gasteiger partial charge on any atom is 0.0854 e. The molecule has 8 aromatic rings. The molecule has 6 heteroatoms. The van der Waals surface area contributed by atoms with E-state index >= 15 is 0 Å². The first kappa shape index (κ1) is 35.2. The molecule has 0 saturated carbocycles. The molecule has 8 rings (SSSR count). The normalized spacial score (nSPS) is 12.1. The lowest BCUT2D eigenvalue weighted by Gasteiger charge is -2.09. The summed E-state index contributed by atoms with van der Waals surface area (Å²) >= 11 is 0. The second-order valence-corrected chi connectivity index (χ2v) is 14.3. The zero-order valence-electron chi connectivity index (χ0n) is 31.0. The molecule has 0 spiro atoms. The second-order valence-electron chi connectivity index (χ2n) is 14.3. The van der Waals surface area contributed by atoms with Crippen LogP contribution in [0.3, 0.4) is 0 Å². The summed E-state index contributed by atoms with van der Waals surface area (Å²) in [6.07, 6.45) is 10.2. The fourth-order valence-corrected chi connectivity index (χ4v) is 7.87. The Kier molecular flexibility index (Phi) is 11.3. The van der Waals surface area contributed by atoms with Crippen LogP contribution in [0.5, 0.6) is 0 Å². The van der Waals surface area contributed by atoms with E-state index in [0.29, 0.717) is 13.1 Å². The standard InChI is InChI=1S/C48H48N6/c1(3-5-17-31-53-45-25-15-13-23-41(45)43-33-37(27-29-47(43)53)35-49-51-39-19-9-7-10-20-39)2-4-6-18-32-54-46-26-16-14-24-42(46)44-34-38(28-30-48(44)54)36-50-52-40-21-11-8-12-22-40/h7-16,19-30,33-34H,1-6,17-18,31-32,35-36H2. The lowest BCUT2D eigenvalue weighted by atomic mass is 10.1. The van der Waals surface area contributed by atoms with Gasteiger partial charge in [-0.15, -0.1) is 0 Å². The Labute approximate surface area is 317 Å². The number of hydrogen-bond acceptors (Lipinski definition) is 4. The first-order valence-electron chi connectivity index (χ1n) is 19.7. The van der Waals surface area contributed by atoms with Gasteiger partial charge in [-0.1, -0.05) is 123 Å². The van der Waals surface area contributed by atoms with Crippen molar-refractivity contribution >= 4 is 55.0 Å². The van der Waals surface area contributed by atoms with Crippen LogP contribution in [0.2, 0.25) is 0 Å². The molecule has 0 N–H and O–H groups in total. The third kappa shape index (κ3) is 8.18. The van der Waals surface area contributed by atoms with Crippen molar-refractivity contribution < 1.29 is 0 Å². The molecule has 0 fully saturated rings. The van der Waals surface area contributed by atoms with Crippen molar-refractivity contribution in [2.75, 3.05) is 0 Å². The van der Waals surface area contributed by atoms with Gasteiger partial charge in [0.1, 0.15) is 0 Å². The predicted molar refractivity (Wildman–Crippen MR) is 225 cm³/mol. The summed E-state index contributed by atoms with van der Waals surface area (Å²) in [4.78, 5) is 0. The van der Waals surface area contributed by atoms with Gasteiger partial charge < -0.3 is 9.13 Å². The van der Waals surface area contributed by atoms with E-state index in [1.54, 1.807) is 0 Å². The molecule has 0 aliphatic carbocycles. The highest BCUT2D eigenvalue weighted by Crippen LogP contribution is 2.32. The Hall–Kier alpha value is -5.88. The van der Waals surface area contributed by atoms with Crippen molar-refractivity contribution in [3.63, 3.8) is 0 Å². The lowest BCUT2D eigenvalue weighted by molar-refractivity contribution is 0.536. The highest BCUT2D eigenvalue weighted by Gasteiger charge is 2.12. The predicted octanol–water partition coefficient (Wildman–Crippen LogP) is 14.3. The van der Waals surface area contributed by atoms with Gasteiger partial charge in [0.15, 0.2) is 0 Å². The van der Waals surface area contributed by atoms with Crippen molar-refractivity contribution in [2.45, 2.75) is 77.5 Å². The number of aromatic nitrogens is 2. The molecular formula is C48H48N6. The van der Waals surface area contributed by atoms with E-state index in [1.165, 1.54) is 106 Å². The van der Waals surface area contributed by atoms with Crippen LogP contribution in [-0.4, -0.2) is 9.13 Å². The molecular weight excluding hydrogens is 661 g/mol. The minimum Gasteiger partial charge on any atom is -0.340 e. The third-order valence-electron chi connectivity index (χ3n) is 10.6. The van der Waals surface area contributed by atoms with Crippen LogP contribution >= 0.6 is 0 Å². The van der Waals surface area contributed by atoms with Crippen LogP contribution in [0.4, 0.5) is 11.4 Å². The summed E-state index contributed by atoms with van der Waals surface area (Å²) in [6.45, 7) is 3.26. The molecule has 2 aromatic heterocycles. The van der Waals surface area contributed by atoms with Crippen LogP contribution in [-0.2, 0) is 26.2 Å². The van der Waals surface area contributed by atoms with Crippen LogP contribution in [0.25, 0.3) is 43.6 Å². The number of fused-ring (bicyclic) bond motifs is 6. The Morgan fingerprint density at radius 3 is 1.15 bits per heavy atom. The van der Waals surface area contributed by atoms with Crippen molar-refractivity contribution in [1.29, 1.82) is 0 Å². The minimum absolute atomic E-state index is 0.579. The summed E-state index contributed by atoms with van der Waals surface area (Å²) in [5.41, 5.74) is 9.43. The van der Waals surface area contributed by atoms with Crippen LogP contribution in [0.15, 0.2) is 166 Å². The van der Waals surface area contributed by atoms with Gasteiger partial charge in [0.2, 0.25) is 0 Å². The van der Waals surface area contributed by atoms with Gasteiger partial charge in [-0.05, 0) is 84.6 Å². The molecule has 0 aliphatic heterocycles. The monoisotopic (exact) mass is 708 g/mol. The first-order valence-corrected chi connectivity index (χ1v) is 19.7. The Morgan fingerprint density at radius 1 is 0.333 bits per heavy atom. The summed E-state index contributed by atoms with van der Waals surface area (Å²) in [6, 6.07) is 51.1. The maximum atomic E-state index is 4.47. The Morgan fingerprint density at radius 2 is 0.704 bits per heavy atom. The molecule has 0 bridgehead atoms. The smallest absolute Gasteiger partial charge is 0.0854 e. The fourth-order valence-electron chi connectivity index (χ4n) is 7.87. The molecule has 54 heavy (non-hydrogen) atoms. The largest absolute Gasteiger partial charge is 0.340 e. The van der Waals surface area contributed by atoms with Gasteiger partial charge in [-0.3, -0.25) is 0 Å². The number of hydrogen-bond donors (Lipinski definition) is 0. The average Bonchev–Trinajstić information content (AvgIpc) is 3.71. The quantitative estimate of drug-likeness (QED) is 0.0668. The number of aryl methyl sites for hydroxylation is 2. The average molecular weight is 709 g/mol. The summed E-state index contributed by atoms with van der Waals surface area (Å²) in [5, 5.41) is 23.0. The van der Waals surface area contributed by atoms with Crippen molar-refractivity contribution in [3.8, 4) is 0 Å². The van der Waals surface area contributed by atoms with Crippen molar-refractivity contribution in [3.05, 3.63) is 157 Å². The number of rotatable bonds is 17. The highest BCUT2D eigenvalue weighted by atomic mass is 15.1. The SMILES string of the molecule is c1ccc(N=NCc2ccc3c(c2)c2ccccc2n3CCCCCCCCCCn2c3ccccc3c3cc(CN=Nc4ccccc4)ccc32)cc1. The highest BCUT2D eigenvalue weighted by molar-refractivity contribution is 6.09. The van der Waals surface area contributed by atoms with E-state index in [2.05, 4.69) is 115 Å². The third-order valence-corrected chi connectivity index (χ3v) is 10.6. The molecule has 6 aromatic carbocycles. The number of unbranched alkanes of at least 4 members (excludes halogenated alkanes) is 7. The molecule has 270 valence electrons. The van der Waals surface area contributed by atoms with Crippen LogP contribution in [0, 0.1) is 0 Å². The molecule has 0 unspecified atom stereocenters. The van der Waals surface area contributed by atoms with Crippen molar-refractivity contribution in [2.24, 2.45) is 20.5 Å². The summed E-state index contributed by atoms with van der Waals surface area (Å²) in [7, 11) is 0. The van der Waals surface area contributed by atoms with E-state index < -0.39 is 0 Å². The summed E-state index contributed by atoms with van der Waals surface area (Å²) < 4.78 is 5.04. The number of nitrogens with zero attached hydrogens (tertiary/aromatic N) is 6. The topological polar surface area (TPSA) is 59.3 Å². The first-order chi connectivity index (χ1) is 26.8. The Bertz CT molecular complexity index is 2330. The van der Waals surface area contributed by atoms with Gasteiger partial charge >= 0.3 is 0 Å². The molecule has 6 nitrogen and oxygen atoms in total. The van der Waals surface area contributed by atoms with E-state index in [-0.39, 0.29) is 0 Å². The van der Waals surface area contributed by atoms with Crippen LogP contribution in [0.1, 0.15) is 62.5 Å². The maximum absolute atomic E-state index is 4.47. The molecule has 0 saturated heterocycles. The van der Waals surface area contributed by atoms with Gasteiger partial charge in [0, 0.05) is 56.7 Å². The fraction of sp³-hybridized carbons (Fsp3) is 0.250. The van der Waals surface area contributed by atoms with Crippen molar-refractivity contribution in [1.82, 2.24) is 9.13 Å². The van der Waals surface area contributed by atoms with Gasteiger partial charge in [-0.25, -0.2) is 0 Å². The van der Waals surface area contributed by atoms with E-state index in [9.17, 15) is 0 Å². The molecule has 2 heterocycles. The van der Waals surface area contributed by atoms with E-state index in [1.807, 2.05) is 60.7 Å². The summed E-state index contributed by atoms with van der Waals surface area (Å²) in [5.74, 6) is 0. The molecule has 0 radical (unpaired) electrons. The van der Waals surface area contributed by atoms with E-state index in [4.69, 9.17) is 0 Å². The van der Waals surface area contributed by atoms with Gasteiger partial charge in [-0.2, -0.15) is 20.5 Å². The number of azo groups is 2. The van der Waals surface area contributed by atoms with Gasteiger partial charge in [0.25, 0.3) is 0 Å². The lowest BCUT2D eigenvalue weighted by Crippen LogP contribution is -1.98. The number of para-hydroxylation sites is 2.